The summed E-state index contributed by atoms with van der Waals surface area (Å²) in [5.41, 5.74) is 4.41. The fourth-order valence-electron chi connectivity index (χ4n) is 3.01. The first kappa shape index (κ1) is 14.1. The van der Waals surface area contributed by atoms with Gasteiger partial charge < -0.3 is 5.32 Å². The zero-order chi connectivity index (χ0) is 12.4. The third kappa shape index (κ3) is 2.83. The summed E-state index contributed by atoms with van der Waals surface area (Å²) in [6.45, 7) is 3.39. The normalized spacial score (nSPS) is 21.3. The van der Waals surface area contributed by atoms with E-state index in [4.69, 9.17) is 0 Å². The summed E-state index contributed by atoms with van der Waals surface area (Å²) in [7, 11) is 0. The van der Waals surface area contributed by atoms with Crippen LogP contribution in [0.25, 0.3) is 0 Å². The highest BCUT2D eigenvalue weighted by Crippen LogP contribution is 2.31. The smallest absolute Gasteiger partial charge is 0.0449 e. The number of benzene rings is 2. The molecular formula is C17H20ClN. The molecule has 0 amide bonds. The predicted octanol–water partition coefficient (Wildman–Crippen LogP) is 3.71. The largest absolute Gasteiger partial charge is 0.307 e. The van der Waals surface area contributed by atoms with E-state index in [-0.39, 0.29) is 17.9 Å². The van der Waals surface area contributed by atoms with E-state index in [9.17, 15) is 0 Å². The molecule has 1 heterocycles. The monoisotopic (exact) mass is 273 g/mol. The third-order valence-corrected chi connectivity index (χ3v) is 3.92. The van der Waals surface area contributed by atoms with Crippen molar-refractivity contribution >= 4 is 12.4 Å². The zero-order valence-electron chi connectivity index (χ0n) is 11.2. The molecule has 3 rings (SSSR count). The van der Waals surface area contributed by atoms with E-state index >= 15 is 0 Å². The first-order valence-corrected chi connectivity index (χ1v) is 6.65. The summed E-state index contributed by atoms with van der Waals surface area (Å²) < 4.78 is 0. The van der Waals surface area contributed by atoms with Crippen LogP contribution in [0.5, 0.6) is 0 Å². The van der Waals surface area contributed by atoms with Gasteiger partial charge in [0.05, 0.1) is 0 Å². The van der Waals surface area contributed by atoms with Gasteiger partial charge in [0.15, 0.2) is 0 Å². The number of hydrogen-bond donors (Lipinski definition) is 1. The Labute approximate surface area is 121 Å². The Balaban J connectivity index is 0.00000133. The van der Waals surface area contributed by atoms with Gasteiger partial charge in [-0.25, -0.2) is 0 Å². The molecule has 0 bridgehead atoms. The molecule has 2 aromatic rings. The lowest BCUT2D eigenvalue weighted by Gasteiger charge is -2.37. The number of hydrogen-bond acceptors (Lipinski definition) is 1. The number of halogens is 1. The Bertz CT molecular complexity index is 538. The molecule has 1 aliphatic rings. The van der Waals surface area contributed by atoms with Crippen LogP contribution < -0.4 is 5.32 Å². The molecule has 0 saturated heterocycles. The van der Waals surface area contributed by atoms with Crippen molar-refractivity contribution in [3.8, 4) is 0 Å². The van der Waals surface area contributed by atoms with Crippen molar-refractivity contribution in [3.05, 3.63) is 71.3 Å². The van der Waals surface area contributed by atoms with Crippen molar-refractivity contribution in [1.29, 1.82) is 0 Å². The standard InChI is InChI=1S/C17H19N.ClH/c1-17(13-14-7-3-2-4-8-14)16-10-6-5-9-15(16)11-12-18-17;/h2-10,18H,11-13H2,1H3;1H. The van der Waals surface area contributed by atoms with Crippen LogP contribution in [0.1, 0.15) is 23.6 Å². The van der Waals surface area contributed by atoms with E-state index < -0.39 is 0 Å². The molecule has 1 atom stereocenters. The second kappa shape index (κ2) is 5.77. The topological polar surface area (TPSA) is 12.0 Å². The first-order valence-electron chi connectivity index (χ1n) is 6.65. The molecule has 0 saturated carbocycles. The minimum absolute atomic E-state index is 0. The van der Waals surface area contributed by atoms with Gasteiger partial charge in [-0.05, 0) is 36.5 Å². The van der Waals surface area contributed by atoms with Crippen molar-refractivity contribution < 1.29 is 0 Å². The highest BCUT2D eigenvalue weighted by molar-refractivity contribution is 5.85. The van der Waals surface area contributed by atoms with E-state index in [1.165, 1.54) is 16.7 Å². The summed E-state index contributed by atoms with van der Waals surface area (Å²) in [5, 5.41) is 3.70. The first-order chi connectivity index (χ1) is 8.78. The molecule has 1 nitrogen and oxygen atoms in total. The Morgan fingerprint density at radius 1 is 1.00 bits per heavy atom. The molecule has 2 heteroatoms. The molecule has 0 fully saturated rings. The summed E-state index contributed by atoms with van der Waals surface area (Å²) >= 11 is 0. The summed E-state index contributed by atoms with van der Waals surface area (Å²) in [6, 6.07) is 19.6. The van der Waals surface area contributed by atoms with E-state index in [0.717, 1.165) is 19.4 Å². The van der Waals surface area contributed by atoms with Crippen LogP contribution in [0.3, 0.4) is 0 Å². The van der Waals surface area contributed by atoms with E-state index in [1.54, 1.807) is 0 Å². The Morgan fingerprint density at radius 3 is 2.47 bits per heavy atom. The second-order valence-electron chi connectivity index (χ2n) is 5.33. The third-order valence-electron chi connectivity index (χ3n) is 3.92. The van der Waals surface area contributed by atoms with Gasteiger partial charge in [0.1, 0.15) is 0 Å². The van der Waals surface area contributed by atoms with Crippen LogP contribution in [0.4, 0.5) is 0 Å². The Hall–Kier alpha value is -1.31. The zero-order valence-corrected chi connectivity index (χ0v) is 12.0. The van der Waals surface area contributed by atoms with Gasteiger partial charge in [0.25, 0.3) is 0 Å². The summed E-state index contributed by atoms with van der Waals surface area (Å²) in [5.74, 6) is 0. The SMILES string of the molecule is CC1(Cc2ccccc2)NCCc2ccccc21.Cl. The van der Waals surface area contributed by atoms with Gasteiger partial charge >= 0.3 is 0 Å². The number of nitrogens with one attached hydrogen (secondary N) is 1. The van der Waals surface area contributed by atoms with Crippen molar-refractivity contribution in [1.82, 2.24) is 5.32 Å². The van der Waals surface area contributed by atoms with Crippen LogP contribution in [0.2, 0.25) is 0 Å². The average molecular weight is 274 g/mol. The molecule has 1 unspecified atom stereocenters. The van der Waals surface area contributed by atoms with Crippen LogP contribution in [0, 0.1) is 0 Å². The quantitative estimate of drug-likeness (QED) is 0.880. The lowest BCUT2D eigenvalue weighted by Crippen LogP contribution is -2.46. The second-order valence-corrected chi connectivity index (χ2v) is 5.33. The maximum atomic E-state index is 3.70. The van der Waals surface area contributed by atoms with Gasteiger partial charge in [-0.2, -0.15) is 0 Å². The molecule has 0 aromatic heterocycles. The van der Waals surface area contributed by atoms with E-state index in [1.807, 2.05) is 0 Å². The lowest BCUT2D eigenvalue weighted by atomic mass is 9.80. The maximum Gasteiger partial charge on any atom is 0.0449 e. The highest BCUT2D eigenvalue weighted by atomic mass is 35.5. The molecule has 2 aromatic carbocycles. The van der Waals surface area contributed by atoms with Crippen molar-refractivity contribution in [3.63, 3.8) is 0 Å². The van der Waals surface area contributed by atoms with Crippen molar-refractivity contribution in [2.24, 2.45) is 0 Å². The summed E-state index contributed by atoms with van der Waals surface area (Å²) in [6.07, 6.45) is 2.19. The fraction of sp³-hybridized carbons (Fsp3) is 0.294. The molecule has 1 N–H and O–H groups in total. The Kier molecular flexibility index (Phi) is 4.28. The maximum absolute atomic E-state index is 3.70. The Morgan fingerprint density at radius 2 is 1.68 bits per heavy atom. The summed E-state index contributed by atoms with van der Waals surface area (Å²) in [4.78, 5) is 0. The van der Waals surface area contributed by atoms with Crippen molar-refractivity contribution in [2.45, 2.75) is 25.3 Å². The highest BCUT2D eigenvalue weighted by Gasteiger charge is 2.31. The van der Waals surface area contributed by atoms with Gasteiger partial charge in [-0.1, -0.05) is 54.6 Å². The molecule has 0 aliphatic carbocycles. The molecular weight excluding hydrogens is 254 g/mol. The number of fused-ring (bicyclic) bond motifs is 1. The molecule has 19 heavy (non-hydrogen) atoms. The molecule has 0 radical (unpaired) electrons. The predicted molar refractivity (Wildman–Crippen MR) is 82.9 cm³/mol. The van der Waals surface area contributed by atoms with Gasteiger partial charge in [-0.3, -0.25) is 0 Å². The average Bonchev–Trinajstić information content (AvgIpc) is 2.40. The fourth-order valence-corrected chi connectivity index (χ4v) is 3.01. The van der Waals surface area contributed by atoms with Crippen LogP contribution >= 0.6 is 12.4 Å². The minimum Gasteiger partial charge on any atom is -0.307 e. The van der Waals surface area contributed by atoms with E-state index in [2.05, 4.69) is 66.8 Å². The van der Waals surface area contributed by atoms with Gasteiger partial charge in [0, 0.05) is 12.1 Å². The molecule has 100 valence electrons. The lowest BCUT2D eigenvalue weighted by molar-refractivity contribution is 0.344. The van der Waals surface area contributed by atoms with Crippen LogP contribution in [-0.4, -0.2) is 6.54 Å². The molecule has 1 aliphatic heterocycles. The van der Waals surface area contributed by atoms with Crippen molar-refractivity contribution in [2.75, 3.05) is 6.54 Å². The van der Waals surface area contributed by atoms with Gasteiger partial charge in [-0.15, -0.1) is 12.4 Å². The minimum atomic E-state index is 0. The number of rotatable bonds is 2. The van der Waals surface area contributed by atoms with Gasteiger partial charge in [0.2, 0.25) is 0 Å². The molecule has 0 spiro atoms. The van der Waals surface area contributed by atoms with Crippen LogP contribution in [0.15, 0.2) is 54.6 Å². The van der Waals surface area contributed by atoms with E-state index in [0.29, 0.717) is 0 Å². The van der Waals surface area contributed by atoms with Crippen LogP contribution in [-0.2, 0) is 18.4 Å².